The third-order valence-electron chi connectivity index (χ3n) is 4.87. The van der Waals surface area contributed by atoms with Gasteiger partial charge in [-0.2, -0.15) is 5.10 Å². The van der Waals surface area contributed by atoms with E-state index in [1.807, 2.05) is 60.7 Å². The minimum atomic E-state index is -0.613. The number of anilines is 4. The Balaban J connectivity index is 1.33. The highest BCUT2D eigenvalue weighted by Gasteiger charge is 2.15. The summed E-state index contributed by atoms with van der Waals surface area (Å²) in [6, 6.07) is 18.7. The number of benzene rings is 2. The maximum atomic E-state index is 12.4. The molecule has 0 bridgehead atoms. The highest BCUT2D eigenvalue weighted by atomic mass is 16.5. The lowest BCUT2D eigenvalue weighted by atomic mass is 10.2. The normalized spacial score (nSPS) is 14.5. The van der Waals surface area contributed by atoms with Crippen LogP contribution in [0, 0.1) is 0 Å². The average Bonchev–Trinajstić information content (AvgIpc) is 2.82. The van der Waals surface area contributed by atoms with Gasteiger partial charge in [-0.25, -0.2) is 0 Å². The fourth-order valence-electron chi connectivity index (χ4n) is 3.20. The Kier molecular flexibility index (Phi) is 6.59. The molecular weight excluding hydrogens is 394 g/mol. The molecule has 4 rings (SSSR count). The van der Waals surface area contributed by atoms with E-state index in [1.165, 1.54) is 0 Å². The molecule has 1 aliphatic heterocycles. The van der Waals surface area contributed by atoms with E-state index in [9.17, 15) is 4.79 Å². The third-order valence-corrected chi connectivity index (χ3v) is 4.87. The number of carbonyl (C=O) groups excluding carboxylic acids is 1. The zero-order chi connectivity index (χ0) is 21.5. The Morgan fingerprint density at radius 2 is 1.77 bits per heavy atom. The number of nitrogens with one attached hydrogen (secondary N) is 2. The zero-order valence-electron chi connectivity index (χ0n) is 17.3. The summed E-state index contributed by atoms with van der Waals surface area (Å²) in [6.45, 7) is 4.83. The van der Waals surface area contributed by atoms with Gasteiger partial charge in [-0.1, -0.05) is 18.2 Å². The Bertz CT molecular complexity index is 992. The van der Waals surface area contributed by atoms with E-state index in [4.69, 9.17) is 9.47 Å². The number of rotatable bonds is 7. The van der Waals surface area contributed by atoms with E-state index >= 15 is 0 Å². The fraction of sp³-hybridized carbons (Fsp3) is 0.261. The molecule has 160 valence electrons. The first-order chi connectivity index (χ1) is 15.2. The van der Waals surface area contributed by atoms with Crippen molar-refractivity contribution < 1.29 is 14.3 Å². The Labute approximate surface area is 181 Å². The Morgan fingerprint density at radius 3 is 2.52 bits per heavy atom. The lowest BCUT2D eigenvalue weighted by Crippen LogP contribution is -2.36. The first kappa shape index (κ1) is 20.6. The molecular formula is C23H25N5O3. The summed E-state index contributed by atoms with van der Waals surface area (Å²) in [7, 11) is 0. The van der Waals surface area contributed by atoms with Crippen molar-refractivity contribution in [2.45, 2.75) is 13.0 Å². The summed E-state index contributed by atoms with van der Waals surface area (Å²) in [6.07, 6.45) is 1.15. The lowest BCUT2D eigenvalue weighted by molar-refractivity contribution is -0.122. The van der Waals surface area contributed by atoms with Crippen molar-refractivity contribution in [2.75, 3.05) is 41.8 Å². The fourth-order valence-corrected chi connectivity index (χ4v) is 3.20. The van der Waals surface area contributed by atoms with Gasteiger partial charge < -0.3 is 25.0 Å². The molecule has 8 heteroatoms. The zero-order valence-corrected chi connectivity index (χ0v) is 17.3. The molecule has 3 aromatic rings. The van der Waals surface area contributed by atoms with Gasteiger partial charge >= 0.3 is 0 Å². The van der Waals surface area contributed by atoms with Gasteiger partial charge in [-0.05, 0) is 43.3 Å². The minimum absolute atomic E-state index is 0.214. The molecule has 0 aliphatic carbocycles. The Hall–Kier alpha value is -3.65. The topological polar surface area (TPSA) is 88.6 Å². The van der Waals surface area contributed by atoms with Gasteiger partial charge in [-0.3, -0.25) is 4.79 Å². The van der Waals surface area contributed by atoms with E-state index in [1.54, 1.807) is 13.1 Å². The second kappa shape index (κ2) is 9.90. The van der Waals surface area contributed by atoms with Crippen LogP contribution in [0.1, 0.15) is 6.92 Å². The standard InChI is InChI=1S/C23H25N5O3/c1-17(31-21-5-3-2-4-6-21)23(29)26-19-9-7-18(8-10-19)25-22-15-20(16-24-27-22)28-11-13-30-14-12-28/h2-10,15-17H,11-14H2,1H3,(H,25,27)(H,26,29). The van der Waals surface area contributed by atoms with Crippen molar-refractivity contribution in [2.24, 2.45) is 0 Å². The smallest absolute Gasteiger partial charge is 0.265 e. The van der Waals surface area contributed by atoms with E-state index in [0.29, 0.717) is 30.5 Å². The number of aromatic nitrogens is 2. The summed E-state index contributed by atoms with van der Waals surface area (Å²) in [5.41, 5.74) is 2.55. The second-order valence-corrected chi connectivity index (χ2v) is 7.16. The van der Waals surface area contributed by atoms with Crippen LogP contribution in [0.25, 0.3) is 0 Å². The first-order valence-corrected chi connectivity index (χ1v) is 10.2. The molecule has 0 spiro atoms. The second-order valence-electron chi connectivity index (χ2n) is 7.16. The third kappa shape index (κ3) is 5.70. The predicted octanol–water partition coefficient (Wildman–Crippen LogP) is 3.46. The van der Waals surface area contributed by atoms with E-state index in [0.717, 1.165) is 24.5 Å². The summed E-state index contributed by atoms with van der Waals surface area (Å²) >= 11 is 0. The van der Waals surface area contributed by atoms with Crippen molar-refractivity contribution in [1.82, 2.24) is 10.2 Å². The van der Waals surface area contributed by atoms with Crippen LogP contribution in [0.5, 0.6) is 5.75 Å². The molecule has 1 aliphatic rings. The number of amides is 1. The first-order valence-electron chi connectivity index (χ1n) is 10.2. The number of hydrogen-bond acceptors (Lipinski definition) is 7. The van der Waals surface area contributed by atoms with Crippen LogP contribution in [-0.2, 0) is 9.53 Å². The molecule has 2 aromatic carbocycles. The number of carbonyl (C=O) groups is 1. The maximum absolute atomic E-state index is 12.4. The van der Waals surface area contributed by atoms with Crippen molar-refractivity contribution in [1.29, 1.82) is 0 Å². The van der Waals surface area contributed by atoms with Crippen LogP contribution in [0.2, 0.25) is 0 Å². The molecule has 0 saturated carbocycles. The van der Waals surface area contributed by atoms with E-state index in [2.05, 4.69) is 25.7 Å². The van der Waals surface area contributed by atoms with Crippen molar-refractivity contribution in [3.8, 4) is 5.75 Å². The maximum Gasteiger partial charge on any atom is 0.265 e. The number of morpholine rings is 1. The van der Waals surface area contributed by atoms with Crippen LogP contribution in [0.4, 0.5) is 22.9 Å². The predicted molar refractivity (Wildman–Crippen MR) is 120 cm³/mol. The van der Waals surface area contributed by atoms with Gasteiger partial charge in [-0.15, -0.1) is 5.10 Å². The molecule has 1 aromatic heterocycles. The highest BCUT2D eigenvalue weighted by molar-refractivity contribution is 5.94. The Morgan fingerprint density at radius 1 is 1.06 bits per heavy atom. The van der Waals surface area contributed by atoms with Gasteiger partial charge in [0, 0.05) is 30.5 Å². The summed E-state index contributed by atoms with van der Waals surface area (Å²) < 4.78 is 11.1. The van der Waals surface area contributed by atoms with Crippen molar-refractivity contribution in [3.05, 3.63) is 66.9 Å². The van der Waals surface area contributed by atoms with Crippen LogP contribution >= 0.6 is 0 Å². The molecule has 2 N–H and O–H groups in total. The van der Waals surface area contributed by atoms with Crippen LogP contribution in [0.3, 0.4) is 0 Å². The van der Waals surface area contributed by atoms with Gasteiger partial charge in [0.1, 0.15) is 5.75 Å². The highest BCUT2D eigenvalue weighted by Crippen LogP contribution is 2.22. The number of hydrogen-bond donors (Lipinski definition) is 2. The van der Waals surface area contributed by atoms with Crippen molar-refractivity contribution >= 4 is 28.8 Å². The molecule has 1 atom stereocenters. The molecule has 1 amide bonds. The monoisotopic (exact) mass is 419 g/mol. The molecule has 0 radical (unpaired) electrons. The molecule has 1 fully saturated rings. The summed E-state index contributed by atoms with van der Waals surface area (Å²) in [4.78, 5) is 14.6. The van der Waals surface area contributed by atoms with Crippen LogP contribution in [-0.4, -0.2) is 48.5 Å². The molecule has 31 heavy (non-hydrogen) atoms. The van der Waals surface area contributed by atoms with Crippen LogP contribution in [0.15, 0.2) is 66.9 Å². The minimum Gasteiger partial charge on any atom is -0.481 e. The SMILES string of the molecule is CC(Oc1ccccc1)C(=O)Nc1ccc(Nc2cc(N3CCOCC3)cnn2)cc1. The summed E-state index contributed by atoms with van der Waals surface area (Å²) in [5.74, 6) is 1.10. The van der Waals surface area contributed by atoms with Crippen LogP contribution < -0.4 is 20.3 Å². The van der Waals surface area contributed by atoms with Gasteiger partial charge in [0.15, 0.2) is 11.9 Å². The number of ether oxygens (including phenoxy) is 2. The van der Waals surface area contributed by atoms with Gasteiger partial charge in [0.2, 0.25) is 0 Å². The number of nitrogens with zero attached hydrogens (tertiary/aromatic N) is 3. The van der Waals surface area contributed by atoms with E-state index in [-0.39, 0.29) is 5.91 Å². The summed E-state index contributed by atoms with van der Waals surface area (Å²) in [5, 5.41) is 14.4. The van der Waals surface area contributed by atoms with Gasteiger partial charge in [0.25, 0.3) is 5.91 Å². The number of para-hydroxylation sites is 1. The molecule has 1 unspecified atom stereocenters. The van der Waals surface area contributed by atoms with E-state index < -0.39 is 6.10 Å². The average molecular weight is 419 g/mol. The molecule has 8 nitrogen and oxygen atoms in total. The molecule has 1 saturated heterocycles. The quantitative estimate of drug-likeness (QED) is 0.606. The van der Waals surface area contributed by atoms with Gasteiger partial charge in [0.05, 0.1) is 25.1 Å². The lowest BCUT2D eigenvalue weighted by Gasteiger charge is -2.28. The largest absolute Gasteiger partial charge is 0.481 e. The van der Waals surface area contributed by atoms with Crippen molar-refractivity contribution in [3.63, 3.8) is 0 Å². The molecule has 2 heterocycles.